The zero-order valence-electron chi connectivity index (χ0n) is 21.5. The molecule has 1 aliphatic heterocycles. The summed E-state index contributed by atoms with van der Waals surface area (Å²) in [6.07, 6.45) is 2.16. The van der Waals surface area contributed by atoms with Crippen LogP contribution in [0.4, 0.5) is 5.69 Å². The van der Waals surface area contributed by atoms with E-state index in [0.717, 1.165) is 16.0 Å². The Labute approximate surface area is 233 Å². The molecule has 0 aromatic heterocycles. The van der Waals surface area contributed by atoms with Crippen molar-refractivity contribution in [3.05, 3.63) is 123 Å². The van der Waals surface area contributed by atoms with Crippen LogP contribution in [0, 0.1) is 5.92 Å². The summed E-state index contributed by atoms with van der Waals surface area (Å²) in [5.41, 5.74) is 3.31. The van der Waals surface area contributed by atoms with E-state index in [1.165, 1.54) is 30.4 Å². The van der Waals surface area contributed by atoms with Crippen LogP contribution in [-0.4, -0.2) is 44.9 Å². The number of aliphatic hydroxyl groups excluding tert-OH is 1. The first-order valence-electron chi connectivity index (χ1n) is 12.9. The summed E-state index contributed by atoms with van der Waals surface area (Å²) in [7, 11) is 0. The molecule has 3 aromatic rings. The van der Waals surface area contributed by atoms with Gasteiger partial charge >= 0.3 is 11.9 Å². The summed E-state index contributed by atoms with van der Waals surface area (Å²) in [4.78, 5) is 63.2. The lowest BCUT2D eigenvalue weighted by Gasteiger charge is -2.17. The maximum absolute atomic E-state index is 13.2. The van der Waals surface area contributed by atoms with E-state index in [-0.39, 0.29) is 34.5 Å². The number of hydrogen-bond acceptors (Lipinski definition) is 6. The Bertz CT molecular complexity index is 1750. The minimum Gasteiger partial charge on any atom is -0.478 e. The first kappa shape index (κ1) is 26.1. The molecule has 3 aromatic carbocycles. The van der Waals surface area contributed by atoms with E-state index < -0.39 is 41.7 Å². The molecule has 3 aliphatic rings. The Hall–Kier alpha value is -5.15. The Morgan fingerprint density at radius 2 is 1.61 bits per heavy atom. The molecule has 2 amide bonds. The number of hydrogen-bond donors (Lipinski definition) is 3. The summed E-state index contributed by atoms with van der Waals surface area (Å²) < 4.78 is 0. The number of carbonyl (C=O) groups excluding carboxylic acids is 3. The van der Waals surface area contributed by atoms with Crippen LogP contribution < -0.4 is 4.90 Å². The number of aliphatic hydroxyl groups is 1. The van der Waals surface area contributed by atoms with Crippen LogP contribution >= 0.6 is 0 Å². The largest absolute Gasteiger partial charge is 0.478 e. The molecule has 0 spiro atoms. The van der Waals surface area contributed by atoms with E-state index in [2.05, 4.69) is 0 Å². The normalized spacial score (nSPS) is 21.3. The third-order valence-electron chi connectivity index (χ3n) is 7.85. The number of aliphatic carboxylic acids is 1. The molecule has 204 valence electrons. The van der Waals surface area contributed by atoms with Gasteiger partial charge in [0.25, 0.3) is 5.91 Å². The Morgan fingerprint density at radius 1 is 0.878 bits per heavy atom. The van der Waals surface area contributed by atoms with E-state index in [9.17, 15) is 39.3 Å². The van der Waals surface area contributed by atoms with Crippen LogP contribution in [-0.2, 0) is 20.8 Å². The molecule has 9 nitrogen and oxygen atoms in total. The fourth-order valence-corrected chi connectivity index (χ4v) is 5.84. The summed E-state index contributed by atoms with van der Waals surface area (Å²) in [6, 6.07) is 18.3. The minimum atomic E-state index is -1.16. The van der Waals surface area contributed by atoms with Gasteiger partial charge < -0.3 is 15.3 Å². The number of ketones is 1. The molecule has 3 N–H and O–H groups in total. The quantitative estimate of drug-likeness (QED) is 0.393. The Kier molecular flexibility index (Phi) is 6.23. The number of imide groups is 1. The van der Waals surface area contributed by atoms with Crippen molar-refractivity contribution in [1.82, 2.24) is 0 Å². The highest BCUT2D eigenvalue weighted by atomic mass is 16.4. The number of carbonyl (C=O) groups is 5. The van der Waals surface area contributed by atoms with Gasteiger partial charge in [-0.2, -0.15) is 0 Å². The number of Topliss-reactive ketones (excluding diaryl/α,β-unsaturated/α-hetero) is 1. The van der Waals surface area contributed by atoms with Crippen molar-refractivity contribution in [3.8, 4) is 0 Å². The van der Waals surface area contributed by atoms with Gasteiger partial charge in [-0.25, -0.2) is 14.5 Å². The number of carboxylic acids is 2. The third-order valence-corrected chi connectivity index (χ3v) is 7.85. The number of rotatable bonds is 6. The fraction of sp³-hybridized carbons (Fsp3) is 0.156. The number of nitrogens with zero attached hydrogens (tertiary/aromatic N) is 1. The lowest BCUT2D eigenvalue weighted by Crippen LogP contribution is -2.30. The summed E-state index contributed by atoms with van der Waals surface area (Å²) in [6.45, 7) is 0. The van der Waals surface area contributed by atoms with Gasteiger partial charge in [0.15, 0.2) is 5.78 Å². The predicted octanol–water partition coefficient (Wildman–Crippen LogP) is 3.82. The fourth-order valence-electron chi connectivity index (χ4n) is 5.84. The van der Waals surface area contributed by atoms with Gasteiger partial charge in [0.1, 0.15) is 0 Å². The molecule has 41 heavy (non-hydrogen) atoms. The highest BCUT2D eigenvalue weighted by Gasteiger charge is 2.45. The summed E-state index contributed by atoms with van der Waals surface area (Å²) in [5.74, 6) is -5.18. The third kappa shape index (κ3) is 4.36. The molecule has 1 heterocycles. The molecule has 0 bridgehead atoms. The maximum atomic E-state index is 13.2. The minimum absolute atomic E-state index is 0.0100. The second kappa shape index (κ2) is 9.79. The van der Waals surface area contributed by atoms with Crippen molar-refractivity contribution in [3.63, 3.8) is 0 Å². The standard InChI is InChI=1S/C32H23NO8/c34-27-22-9-7-19(31(38)39)14-24(22)28(35)26(27)18-5-1-3-16(12-18)11-17-4-2-6-21(13-17)33-29(36)23-10-8-20(32(40)41)15-25(23)30(33)37/h1-9,12-15,23,26-27,34H,10-11H2,(H,38,39)(H,40,41). The van der Waals surface area contributed by atoms with Crippen LogP contribution in [0.25, 0.3) is 0 Å². The summed E-state index contributed by atoms with van der Waals surface area (Å²) >= 11 is 0. The second-order valence-electron chi connectivity index (χ2n) is 10.3. The smallest absolute Gasteiger partial charge is 0.335 e. The van der Waals surface area contributed by atoms with E-state index in [1.807, 2.05) is 18.2 Å². The molecule has 0 radical (unpaired) electrons. The van der Waals surface area contributed by atoms with Crippen LogP contribution in [0.5, 0.6) is 0 Å². The van der Waals surface area contributed by atoms with Gasteiger partial charge in [0, 0.05) is 11.1 Å². The number of allylic oxidation sites excluding steroid dienone is 1. The van der Waals surface area contributed by atoms with Crippen LogP contribution in [0.3, 0.4) is 0 Å². The molecule has 1 saturated heterocycles. The maximum Gasteiger partial charge on any atom is 0.335 e. The monoisotopic (exact) mass is 549 g/mol. The highest BCUT2D eigenvalue weighted by Crippen LogP contribution is 2.43. The molecular formula is C32H23NO8. The molecule has 3 unspecified atom stereocenters. The number of amides is 2. The molecule has 0 saturated carbocycles. The van der Waals surface area contributed by atoms with E-state index in [0.29, 0.717) is 23.2 Å². The second-order valence-corrected chi connectivity index (χ2v) is 10.3. The van der Waals surface area contributed by atoms with Gasteiger partial charge in [0.05, 0.1) is 34.8 Å². The van der Waals surface area contributed by atoms with Gasteiger partial charge in [-0.15, -0.1) is 0 Å². The molecule has 1 fully saturated rings. The lowest BCUT2D eigenvalue weighted by atomic mass is 9.90. The van der Waals surface area contributed by atoms with Crippen molar-refractivity contribution in [2.45, 2.75) is 24.9 Å². The first-order valence-corrected chi connectivity index (χ1v) is 12.9. The summed E-state index contributed by atoms with van der Waals surface area (Å²) in [5, 5.41) is 29.5. The van der Waals surface area contributed by atoms with Gasteiger partial charge in [-0.3, -0.25) is 14.4 Å². The number of benzene rings is 3. The van der Waals surface area contributed by atoms with Crippen LogP contribution in [0.2, 0.25) is 0 Å². The molecule has 3 atom stereocenters. The number of carboxylic acid groups (broad SMARTS) is 2. The number of aromatic carboxylic acids is 1. The number of fused-ring (bicyclic) bond motifs is 2. The Balaban J connectivity index is 1.25. The molecule has 2 aliphatic carbocycles. The molecular weight excluding hydrogens is 526 g/mol. The molecule has 9 heteroatoms. The molecule has 6 rings (SSSR count). The van der Waals surface area contributed by atoms with Crippen LogP contribution in [0.15, 0.2) is 90.0 Å². The zero-order valence-corrected chi connectivity index (χ0v) is 21.5. The SMILES string of the molecule is O=C(O)C1=CCC2C(=O)N(c3cccc(Cc4cccc(C5C(=O)c6cc(C(=O)O)ccc6C5O)c4)c3)C(=O)C2=C1. The predicted molar refractivity (Wildman–Crippen MR) is 146 cm³/mol. The topological polar surface area (TPSA) is 149 Å². The van der Waals surface area contributed by atoms with Crippen molar-refractivity contribution >= 4 is 35.2 Å². The van der Waals surface area contributed by atoms with E-state index in [4.69, 9.17) is 0 Å². The van der Waals surface area contributed by atoms with Crippen molar-refractivity contribution in [2.24, 2.45) is 5.92 Å². The Morgan fingerprint density at radius 3 is 2.34 bits per heavy atom. The van der Waals surface area contributed by atoms with Crippen molar-refractivity contribution < 1.29 is 39.3 Å². The van der Waals surface area contributed by atoms with Crippen LogP contribution in [0.1, 0.15) is 61.4 Å². The van der Waals surface area contributed by atoms with Crippen molar-refractivity contribution in [2.75, 3.05) is 4.90 Å². The van der Waals surface area contributed by atoms with E-state index >= 15 is 0 Å². The first-order chi connectivity index (χ1) is 19.6. The average molecular weight is 550 g/mol. The lowest BCUT2D eigenvalue weighted by molar-refractivity contribution is -0.132. The van der Waals surface area contributed by atoms with Crippen molar-refractivity contribution in [1.29, 1.82) is 0 Å². The van der Waals surface area contributed by atoms with E-state index in [1.54, 1.807) is 30.3 Å². The van der Waals surface area contributed by atoms with Gasteiger partial charge in [-0.05, 0) is 65.4 Å². The van der Waals surface area contributed by atoms with Gasteiger partial charge in [0.2, 0.25) is 5.91 Å². The zero-order chi connectivity index (χ0) is 29.0. The van der Waals surface area contributed by atoms with Gasteiger partial charge in [-0.1, -0.05) is 48.5 Å². The number of anilines is 1. The average Bonchev–Trinajstić information content (AvgIpc) is 3.36. The highest BCUT2D eigenvalue weighted by molar-refractivity contribution is 6.30.